The van der Waals surface area contributed by atoms with E-state index in [9.17, 15) is 36.0 Å². The largest absolute Gasteiger partial charge is 1.00 e. The van der Waals surface area contributed by atoms with E-state index in [4.69, 9.17) is 28.8 Å². The van der Waals surface area contributed by atoms with E-state index in [1.807, 2.05) is 0 Å². The second kappa shape index (κ2) is 16.6. The van der Waals surface area contributed by atoms with Crippen molar-refractivity contribution >= 4 is 44.1 Å². The molecule has 2 saturated carbocycles. The van der Waals surface area contributed by atoms with Gasteiger partial charge in [0.2, 0.25) is 0 Å². The van der Waals surface area contributed by atoms with E-state index in [2.05, 4.69) is 0 Å². The Kier molecular flexibility index (Phi) is 16.0. The van der Waals surface area contributed by atoms with Gasteiger partial charge in [0.15, 0.2) is 10.5 Å². The zero-order valence-electron chi connectivity index (χ0n) is 21.5. The third kappa shape index (κ3) is 13.4. The standard InChI is InChI=1S/2C10H16O7S.Na.H/c2*11-9(12)6-8(10(13)14)18(15,16)17-7-4-2-1-3-5-7;;/h2*7-8H,1-6H2,(H,11,12)(H,13,14);;/q;;+1;-1. The first kappa shape index (κ1) is 35.7. The van der Waals surface area contributed by atoms with E-state index in [1.165, 1.54) is 0 Å². The van der Waals surface area contributed by atoms with Crippen molar-refractivity contribution < 1.29 is 95.8 Å². The van der Waals surface area contributed by atoms with Crippen LogP contribution in [0.5, 0.6) is 0 Å². The molecule has 2 rings (SSSR count). The molecule has 2 fully saturated rings. The van der Waals surface area contributed by atoms with Crippen molar-refractivity contribution in [3.8, 4) is 0 Å². The second-order valence-corrected chi connectivity index (χ2v) is 12.0. The molecule has 0 bridgehead atoms. The molecule has 0 aromatic heterocycles. The summed E-state index contributed by atoms with van der Waals surface area (Å²) >= 11 is 0. The Bertz CT molecular complexity index is 909. The monoisotopic (exact) mass is 584 g/mol. The molecule has 2 aliphatic carbocycles. The van der Waals surface area contributed by atoms with Crippen molar-refractivity contribution in [3.05, 3.63) is 0 Å². The summed E-state index contributed by atoms with van der Waals surface area (Å²) in [4.78, 5) is 42.5. The van der Waals surface area contributed by atoms with E-state index >= 15 is 0 Å². The molecule has 2 aliphatic rings. The van der Waals surface area contributed by atoms with Gasteiger partial charge in [-0.1, -0.05) is 38.5 Å². The summed E-state index contributed by atoms with van der Waals surface area (Å²) in [5.74, 6) is -6.38. The summed E-state index contributed by atoms with van der Waals surface area (Å²) in [5.41, 5.74) is 0. The van der Waals surface area contributed by atoms with Gasteiger partial charge in [0.1, 0.15) is 0 Å². The maximum absolute atomic E-state index is 11.7. The van der Waals surface area contributed by atoms with Crippen molar-refractivity contribution in [2.24, 2.45) is 0 Å². The fourth-order valence-electron chi connectivity index (χ4n) is 3.78. The van der Waals surface area contributed by atoms with Crippen molar-refractivity contribution in [2.45, 2.75) is 99.8 Å². The summed E-state index contributed by atoms with van der Waals surface area (Å²) in [5, 5.41) is 30.5. The first-order valence-electron chi connectivity index (χ1n) is 11.4. The van der Waals surface area contributed by atoms with E-state index in [1.54, 1.807) is 0 Å². The average molecular weight is 585 g/mol. The fraction of sp³-hybridized carbons (Fsp3) is 0.800. The smallest absolute Gasteiger partial charge is 1.00 e. The molecule has 0 aliphatic heterocycles. The minimum absolute atomic E-state index is 0. The van der Waals surface area contributed by atoms with Crippen LogP contribution in [0.15, 0.2) is 0 Å². The van der Waals surface area contributed by atoms with Crippen molar-refractivity contribution in [1.82, 2.24) is 0 Å². The van der Waals surface area contributed by atoms with E-state index in [0.717, 1.165) is 38.5 Å². The number of aliphatic carboxylic acids is 4. The first-order chi connectivity index (χ1) is 16.7. The minimum Gasteiger partial charge on any atom is -1.00 e. The Hall–Kier alpha value is -1.30. The molecule has 0 radical (unpaired) electrons. The predicted molar refractivity (Wildman–Crippen MR) is 122 cm³/mol. The van der Waals surface area contributed by atoms with Crippen LogP contribution in [-0.2, 0) is 47.8 Å². The van der Waals surface area contributed by atoms with Crippen LogP contribution in [0.1, 0.15) is 78.5 Å². The molecule has 0 saturated heterocycles. The summed E-state index contributed by atoms with van der Waals surface area (Å²) in [6, 6.07) is 0. The summed E-state index contributed by atoms with van der Waals surface area (Å²) in [7, 11) is -8.79. The van der Waals surface area contributed by atoms with Crippen LogP contribution in [-0.4, -0.2) is 83.8 Å². The normalized spacial score (nSPS) is 18.8. The molecule has 14 nitrogen and oxygen atoms in total. The van der Waals surface area contributed by atoms with Crippen LogP contribution < -0.4 is 29.6 Å². The Balaban J connectivity index is 0. The molecule has 0 spiro atoms. The summed E-state index contributed by atoms with van der Waals surface area (Å²) in [6.45, 7) is 0. The quantitative estimate of drug-likeness (QED) is 0.148. The van der Waals surface area contributed by atoms with E-state index < -0.39 is 79.7 Å². The Morgan fingerprint density at radius 3 is 1.11 bits per heavy atom. The number of carboxylic acids is 4. The number of carboxylic acid groups (broad SMARTS) is 4. The maximum atomic E-state index is 11.7. The van der Waals surface area contributed by atoms with Crippen LogP contribution in [0.3, 0.4) is 0 Å². The van der Waals surface area contributed by atoms with Gasteiger partial charge in [-0.15, -0.1) is 0 Å². The van der Waals surface area contributed by atoms with Gasteiger partial charge in [0.05, 0.1) is 25.0 Å². The second-order valence-electron chi connectivity index (χ2n) is 8.55. The van der Waals surface area contributed by atoms with Crippen LogP contribution in [0, 0.1) is 0 Å². The van der Waals surface area contributed by atoms with E-state index in [0.29, 0.717) is 25.7 Å². The summed E-state index contributed by atoms with van der Waals surface area (Å²) < 4.78 is 56.5. The molecule has 0 heterocycles. The van der Waals surface area contributed by atoms with Crippen LogP contribution in [0.4, 0.5) is 0 Å². The number of rotatable bonds is 12. The summed E-state index contributed by atoms with van der Waals surface area (Å²) in [6.07, 6.45) is 4.48. The topological polar surface area (TPSA) is 236 Å². The van der Waals surface area contributed by atoms with Gasteiger partial charge in [0.25, 0.3) is 20.2 Å². The molecular weight excluding hydrogens is 551 g/mol. The molecule has 2 atom stereocenters. The molecule has 4 N–H and O–H groups in total. The molecular formula is C20H33NaO14S2. The van der Waals surface area contributed by atoms with Crippen molar-refractivity contribution in [3.63, 3.8) is 0 Å². The SMILES string of the molecule is O=C(O)CC(C(=O)O)S(=O)(=O)OC1CCCCC1.O=C(O)CC(C(=O)O)S(=O)(=O)OC1CCCCC1.[H-].[Na+]. The Morgan fingerprint density at radius 1 is 0.622 bits per heavy atom. The number of hydrogen-bond acceptors (Lipinski definition) is 10. The van der Waals surface area contributed by atoms with Gasteiger partial charge in [-0.25, -0.2) is 0 Å². The molecule has 2 unspecified atom stereocenters. The van der Waals surface area contributed by atoms with Gasteiger partial charge in [-0.2, -0.15) is 16.8 Å². The minimum atomic E-state index is -4.40. The van der Waals surface area contributed by atoms with Gasteiger partial charge in [0, 0.05) is 0 Å². The number of carbonyl (C=O) groups is 4. The van der Waals surface area contributed by atoms with Gasteiger partial charge >= 0.3 is 53.4 Å². The Morgan fingerprint density at radius 2 is 0.892 bits per heavy atom. The van der Waals surface area contributed by atoms with E-state index in [-0.39, 0.29) is 31.0 Å². The van der Waals surface area contributed by atoms with Crippen LogP contribution in [0.2, 0.25) is 0 Å². The third-order valence-corrected chi connectivity index (χ3v) is 8.82. The fourth-order valence-corrected chi connectivity index (χ4v) is 6.38. The van der Waals surface area contributed by atoms with Crippen molar-refractivity contribution in [1.29, 1.82) is 0 Å². The predicted octanol–water partition coefficient (Wildman–Crippen LogP) is -1.70. The van der Waals surface area contributed by atoms with Gasteiger partial charge in [-0.05, 0) is 25.7 Å². The zero-order chi connectivity index (χ0) is 27.5. The van der Waals surface area contributed by atoms with Crippen molar-refractivity contribution in [2.75, 3.05) is 0 Å². The first-order valence-corrected chi connectivity index (χ1v) is 14.3. The molecule has 0 aromatic rings. The molecule has 37 heavy (non-hydrogen) atoms. The van der Waals surface area contributed by atoms with Crippen LogP contribution >= 0.6 is 0 Å². The molecule has 0 aromatic carbocycles. The molecule has 210 valence electrons. The Labute approximate surface area is 238 Å². The average Bonchev–Trinajstić information content (AvgIpc) is 2.76. The van der Waals surface area contributed by atoms with Gasteiger partial charge < -0.3 is 21.9 Å². The zero-order valence-corrected chi connectivity index (χ0v) is 24.1. The van der Waals surface area contributed by atoms with Crippen LogP contribution in [0.25, 0.3) is 0 Å². The molecule has 0 amide bonds. The van der Waals surface area contributed by atoms with Gasteiger partial charge in [-0.3, -0.25) is 27.5 Å². The molecule has 17 heteroatoms. The maximum Gasteiger partial charge on any atom is 1.00 e. The third-order valence-electron chi connectivity index (χ3n) is 5.61. The number of hydrogen-bond donors (Lipinski definition) is 4.